The Hall–Kier alpha value is -4.95. The van der Waals surface area contributed by atoms with Crippen LogP contribution in [-0.2, 0) is 12.1 Å². The minimum atomic E-state index is -2.33. The summed E-state index contributed by atoms with van der Waals surface area (Å²) in [6.45, 7) is 9.26. The number of aromatic nitrogens is 8. The maximum atomic E-state index is 6.36. The van der Waals surface area contributed by atoms with Crippen molar-refractivity contribution in [1.82, 2.24) is 39.0 Å². The fraction of sp³-hybridized carbons (Fsp3) is 0.188. The second-order valence-corrected chi connectivity index (χ2v) is 22.2. The first-order valence-electron chi connectivity index (χ1n) is 14.7. The van der Waals surface area contributed by atoms with E-state index in [0.29, 0.717) is 39.9 Å². The summed E-state index contributed by atoms with van der Waals surface area (Å²) in [6, 6.07) is 19.3. The molecule has 9 heterocycles. The van der Waals surface area contributed by atoms with Crippen LogP contribution in [0.25, 0.3) is 55.9 Å². The molecule has 8 bridgehead atoms. The van der Waals surface area contributed by atoms with Crippen molar-refractivity contribution in [3.05, 3.63) is 85.0 Å². The lowest BCUT2D eigenvalue weighted by Crippen LogP contribution is -2.45. The highest BCUT2D eigenvalue weighted by atomic mass is 28.3. The zero-order valence-corrected chi connectivity index (χ0v) is 26.7. The number of benzene rings is 2. The second-order valence-electron chi connectivity index (χ2n) is 13.0. The van der Waals surface area contributed by atoms with Crippen LogP contribution in [0.15, 0.2) is 82.4 Å². The van der Waals surface area contributed by atoms with Crippen molar-refractivity contribution in [3.8, 4) is 11.4 Å². The molecule has 0 N–H and O–H groups in total. The van der Waals surface area contributed by atoms with E-state index in [2.05, 4.69) is 104 Å². The molecule has 0 radical (unpaired) electrons. The molecule has 216 valence electrons. The van der Waals surface area contributed by atoms with Gasteiger partial charge in [0.2, 0.25) is 11.4 Å². The van der Waals surface area contributed by atoms with Crippen molar-refractivity contribution < 1.29 is 8.83 Å². The Bertz CT molecular complexity index is 2400. The number of oxazole rings is 2. The van der Waals surface area contributed by atoms with E-state index in [-0.39, 0.29) is 0 Å². The lowest BCUT2D eigenvalue weighted by Gasteiger charge is -2.24. The molecule has 0 fully saturated rings. The van der Waals surface area contributed by atoms with E-state index in [4.69, 9.17) is 18.8 Å². The molecule has 0 atom stereocenters. The van der Waals surface area contributed by atoms with Crippen molar-refractivity contribution in [2.75, 3.05) is 0 Å². The molecule has 2 aromatic carbocycles. The number of imidazole rings is 2. The molecule has 0 unspecified atom stereocenters. The summed E-state index contributed by atoms with van der Waals surface area (Å²) in [4.78, 5) is 28.5. The molecule has 0 amide bonds. The summed E-state index contributed by atoms with van der Waals surface area (Å²) in [5.74, 6) is 0.611. The van der Waals surface area contributed by atoms with Crippen LogP contribution in [0.3, 0.4) is 0 Å². The standard InChI is InChI=1S/C32H28N8O2Si2/c1-43(2)15-19-5-7-20(8-6-19)39-17-35-23-13-33-30-26(28(23)39)37-25(41-30)16-44(3,4)32-38-27-29-24(14-34-31(27)42-32)36-18-40(29)21-9-11-22(43)12-10-21/h5-14,17-18H,15-16H2,1-4H3. The fourth-order valence-electron chi connectivity index (χ4n) is 6.44. The summed E-state index contributed by atoms with van der Waals surface area (Å²) in [5.41, 5.74) is 9.81. The summed E-state index contributed by atoms with van der Waals surface area (Å²) in [5, 5.41) is 1.40. The SMILES string of the molecule is C[Si]1(C)Cc2ccc(cc2)-n2cnc3cnc4oc(nc4c32)C[Si](C)(C)c2nc3c(ncc4ncn(c43)-c3ccc1cc3)o2. The van der Waals surface area contributed by atoms with Crippen molar-refractivity contribution in [2.24, 2.45) is 0 Å². The van der Waals surface area contributed by atoms with Gasteiger partial charge in [-0.05, 0) is 30.3 Å². The van der Waals surface area contributed by atoms with E-state index in [1.165, 1.54) is 10.8 Å². The third-order valence-corrected chi connectivity index (χ3v) is 14.6. The predicted octanol–water partition coefficient (Wildman–Crippen LogP) is 5.14. The zero-order chi connectivity index (χ0) is 29.8. The van der Waals surface area contributed by atoms with Crippen LogP contribution in [0, 0.1) is 0 Å². The number of rotatable bonds is 0. The summed E-state index contributed by atoms with van der Waals surface area (Å²) in [6.07, 6.45) is 7.19. The molecular weight excluding hydrogens is 585 g/mol. The Labute approximate surface area is 253 Å². The molecular formula is C32H28N8O2Si2. The molecule has 3 aliphatic heterocycles. The van der Waals surface area contributed by atoms with Gasteiger partial charge in [0, 0.05) is 17.4 Å². The van der Waals surface area contributed by atoms with E-state index in [9.17, 15) is 0 Å². The van der Waals surface area contributed by atoms with Crippen LogP contribution in [0.2, 0.25) is 26.2 Å². The Morgan fingerprint density at radius 2 is 1.18 bits per heavy atom. The van der Waals surface area contributed by atoms with Crippen LogP contribution >= 0.6 is 0 Å². The second kappa shape index (κ2) is 8.80. The van der Waals surface area contributed by atoms with Crippen LogP contribution < -0.4 is 10.7 Å². The van der Waals surface area contributed by atoms with E-state index >= 15 is 0 Å². The average molecular weight is 613 g/mol. The molecule has 3 aliphatic rings. The van der Waals surface area contributed by atoms with Crippen molar-refractivity contribution in [3.63, 3.8) is 0 Å². The van der Waals surface area contributed by atoms with Crippen molar-refractivity contribution >= 4 is 71.4 Å². The first-order valence-corrected chi connectivity index (χ1v) is 21.1. The van der Waals surface area contributed by atoms with Gasteiger partial charge >= 0.3 is 0 Å². The van der Waals surface area contributed by atoms with Gasteiger partial charge in [-0.3, -0.25) is 9.13 Å². The molecule has 0 saturated carbocycles. The highest BCUT2D eigenvalue weighted by Gasteiger charge is 2.34. The van der Waals surface area contributed by atoms with Crippen molar-refractivity contribution in [1.29, 1.82) is 0 Å². The van der Waals surface area contributed by atoms with Gasteiger partial charge < -0.3 is 8.83 Å². The number of hydrogen-bond acceptors (Lipinski definition) is 8. The molecule has 10 nitrogen and oxygen atoms in total. The van der Waals surface area contributed by atoms with Gasteiger partial charge in [0.25, 0.3) is 0 Å². The number of hydrogen-bond donors (Lipinski definition) is 0. The average Bonchev–Trinajstić information content (AvgIpc) is 3.80. The molecule has 44 heavy (non-hydrogen) atoms. The summed E-state index contributed by atoms with van der Waals surface area (Å²) < 4.78 is 16.8. The highest BCUT2D eigenvalue weighted by Crippen LogP contribution is 2.29. The van der Waals surface area contributed by atoms with Gasteiger partial charge in [-0.2, -0.15) is 0 Å². The van der Waals surface area contributed by atoms with Gasteiger partial charge in [0.15, 0.2) is 30.5 Å². The molecule has 11 rings (SSSR count). The Balaban J connectivity index is 1.28. The first kappa shape index (κ1) is 25.5. The van der Waals surface area contributed by atoms with Crippen LogP contribution in [0.4, 0.5) is 0 Å². The van der Waals surface area contributed by atoms with Gasteiger partial charge in [0.05, 0.1) is 20.5 Å². The highest BCUT2D eigenvalue weighted by molar-refractivity contribution is 6.89. The maximum absolute atomic E-state index is 6.36. The molecule has 12 heteroatoms. The van der Waals surface area contributed by atoms with Crippen molar-refractivity contribution in [2.45, 2.75) is 38.3 Å². The zero-order valence-electron chi connectivity index (χ0n) is 24.7. The Morgan fingerprint density at radius 1 is 0.614 bits per heavy atom. The first-order chi connectivity index (χ1) is 21.2. The Kier molecular flexibility index (Phi) is 5.11. The fourth-order valence-corrected chi connectivity index (χ4v) is 10.8. The predicted molar refractivity (Wildman–Crippen MR) is 175 cm³/mol. The molecule has 0 spiro atoms. The summed E-state index contributed by atoms with van der Waals surface area (Å²) in [7, 11) is -4.13. The van der Waals surface area contributed by atoms with Gasteiger partial charge in [-0.25, -0.2) is 29.9 Å². The lowest BCUT2D eigenvalue weighted by molar-refractivity contribution is 0.541. The quantitative estimate of drug-likeness (QED) is 0.216. The molecule has 6 aromatic heterocycles. The van der Waals surface area contributed by atoms with Gasteiger partial charge in [-0.1, -0.05) is 61.2 Å². The summed E-state index contributed by atoms with van der Waals surface area (Å²) >= 11 is 0. The largest absolute Gasteiger partial charge is 0.427 e. The lowest BCUT2D eigenvalue weighted by atomic mass is 10.2. The van der Waals surface area contributed by atoms with E-state index in [1.807, 2.05) is 12.7 Å². The minimum Gasteiger partial charge on any atom is -0.427 e. The monoisotopic (exact) mass is 612 g/mol. The van der Waals surface area contributed by atoms with E-state index in [0.717, 1.165) is 39.5 Å². The number of nitrogens with zero attached hydrogens (tertiary/aromatic N) is 8. The number of fused-ring (bicyclic) bond motifs is 2. The molecule has 0 aliphatic carbocycles. The molecule has 8 aromatic rings. The maximum Gasteiger partial charge on any atom is 0.249 e. The van der Waals surface area contributed by atoms with Gasteiger partial charge in [0.1, 0.15) is 34.7 Å². The van der Waals surface area contributed by atoms with Crippen LogP contribution in [0.5, 0.6) is 0 Å². The number of pyridine rings is 2. The van der Waals surface area contributed by atoms with E-state index in [1.54, 1.807) is 12.4 Å². The third-order valence-electron chi connectivity index (χ3n) is 8.87. The van der Waals surface area contributed by atoms with E-state index < -0.39 is 16.1 Å². The Morgan fingerprint density at radius 3 is 1.82 bits per heavy atom. The topological polar surface area (TPSA) is 113 Å². The van der Waals surface area contributed by atoms with Crippen LogP contribution in [-0.4, -0.2) is 55.2 Å². The minimum absolute atomic E-state index is 0.496. The molecule has 0 saturated heterocycles. The third kappa shape index (κ3) is 3.77. The van der Waals surface area contributed by atoms with Gasteiger partial charge in [-0.15, -0.1) is 0 Å². The van der Waals surface area contributed by atoms with Crippen LogP contribution in [0.1, 0.15) is 11.5 Å². The smallest absolute Gasteiger partial charge is 0.249 e. The normalized spacial score (nSPS) is 15.9.